The molecule has 7 heteroatoms. The van der Waals surface area contributed by atoms with E-state index in [1.54, 1.807) is 12.7 Å². The summed E-state index contributed by atoms with van der Waals surface area (Å²) in [6.07, 6.45) is 9.93. The van der Waals surface area contributed by atoms with Crippen LogP contribution in [-0.2, 0) is 0 Å². The number of rotatable bonds is 4. The molecule has 3 heterocycles. The molecule has 2 aliphatic rings. The van der Waals surface area contributed by atoms with E-state index in [9.17, 15) is 0 Å². The standard InChI is InChI=1S/C16H24N6S/c1-2-4-16(5-3-1,22-6-8-23-9-7-22)10-17-14-13-15(19-11-18-13)21-12-20-14/h11-12H,1-10H2,(H2,17,18,19,20,21). The Morgan fingerprint density at radius 1 is 1.13 bits per heavy atom. The largest absolute Gasteiger partial charge is 0.366 e. The van der Waals surface area contributed by atoms with Gasteiger partial charge in [-0.1, -0.05) is 19.3 Å². The minimum atomic E-state index is 0.288. The Morgan fingerprint density at radius 3 is 2.78 bits per heavy atom. The van der Waals surface area contributed by atoms with Gasteiger partial charge in [-0.15, -0.1) is 0 Å². The highest BCUT2D eigenvalue weighted by molar-refractivity contribution is 7.99. The summed E-state index contributed by atoms with van der Waals surface area (Å²) in [4.78, 5) is 18.7. The van der Waals surface area contributed by atoms with Crippen molar-refractivity contribution in [1.29, 1.82) is 0 Å². The van der Waals surface area contributed by atoms with Crippen molar-refractivity contribution >= 4 is 28.7 Å². The summed E-state index contributed by atoms with van der Waals surface area (Å²) in [5.74, 6) is 3.41. The van der Waals surface area contributed by atoms with Crippen LogP contribution in [0.4, 0.5) is 5.82 Å². The van der Waals surface area contributed by atoms with Gasteiger partial charge in [-0.25, -0.2) is 15.0 Å². The second kappa shape index (κ2) is 6.65. The maximum atomic E-state index is 4.42. The van der Waals surface area contributed by atoms with Gasteiger partial charge in [-0.3, -0.25) is 4.90 Å². The number of aromatic nitrogens is 4. The molecule has 1 saturated carbocycles. The Kier molecular flexibility index (Phi) is 4.39. The lowest BCUT2D eigenvalue weighted by Gasteiger charge is -2.48. The van der Waals surface area contributed by atoms with Crippen molar-refractivity contribution in [2.24, 2.45) is 0 Å². The average molecular weight is 332 g/mol. The molecule has 2 N–H and O–H groups in total. The minimum absolute atomic E-state index is 0.288. The molecular weight excluding hydrogens is 308 g/mol. The molecule has 4 rings (SSSR count). The Morgan fingerprint density at radius 2 is 1.96 bits per heavy atom. The Hall–Kier alpha value is -1.34. The first-order valence-corrected chi connectivity index (χ1v) is 9.74. The second-order valence-electron chi connectivity index (χ2n) is 6.56. The van der Waals surface area contributed by atoms with Crippen LogP contribution in [0.1, 0.15) is 32.1 Å². The van der Waals surface area contributed by atoms with Gasteiger partial charge in [0.25, 0.3) is 0 Å². The first kappa shape index (κ1) is 15.2. The number of nitrogens with zero attached hydrogens (tertiary/aromatic N) is 4. The number of thioether (sulfide) groups is 1. The van der Waals surface area contributed by atoms with E-state index in [1.807, 2.05) is 0 Å². The van der Waals surface area contributed by atoms with Crippen molar-refractivity contribution < 1.29 is 0 Å². The number of H-pyrrole nitrogens is 1. The fourth-order valence-electron chi connectivity index (χ4n) is 4.00. The second-order valence-corrected chi connectivity index (χ2v) is 7.79. The van der Waals surface area contributed by atoms with Gasteiger partial charge in [0, 0.05) is 36.7 Å². The third-order valence-corrected chi connectivity index (χ3v) is 6.22. The molecule has 0 bridgehead atoms. The number of hydrogen-bond acceptors (Lipinski definition) is 6. The average Bonchev–Trinajstić information content (AvgIpc) is 3.11. The number of anilines is 1. The number of hydrogen-bond donors (Lipinski definition) is 2. The highest BCUT2D eigenvalue weighted by Crippen LogP contribution is 2.35. The van der Waals surface area contributed by atoms with E-state index in [0.29, 0.717) is 0 Å². The monoisotopic (exact) mass is 332 g/mol. The zero-order valence-corrected chi connectivity index (χ0v) is 14.2. The molecule has 0 amide bonds. The van der Waals surface area contributed by atoms with Crippen LogP contribution in [0.15, 0.2) is 12.7 Å². The Balaban J connectivity index is 1.54. The van der Waals surface area contributed by atoms with E-state index >= 15 is 0 Å². The van der Waals surface area contributed by atoms with Gasteiger partial charge in [0.2, 0.25) is 0 Å². The summed E-state index contributed by atoms with van der Waals surface area (Å²) in [6.45, 7) is 3.40. The van der Waals surface area contributed by atoms with Gasteiger partial charge in [0.15, 0.2) is 11.5 Å². The summed E-state index contributed by atoms with van der Waals surface area (Å²) >= 11 is 2.08. The van der Waals surface area contributed by atoms with Crippen molar-refractivity contribution in [3.8, 4) is 0 Å². The van der Waals surface area contributed by atoms with Gasteiger partial charge in [0.1, 0.15) is 11.8 Å². The molecule has 2 aromatic heterocycles. The molecule has 2 aromatic rings. The third kappa shape index (κ3) is 3.04. The molecule has 6 nitrogen and oxygen atoms in total. The van der Waals surface area contributed by atoms with E-state index < -0.39 is 0 Å². The van der Waals surface area contributed by atoms with Crippen molar-refractivity contribution in [2.75, 3.05) is 36.5 Å². The molecule has 124 valence electrons. The van der Waals surface area contributed by atoms with E-state index in [4.69, 9.17) is 0 Å². The van der Waals surface area contributed by atoms with Gasteiger partial charge < -0.3 is 10.3 Å². The van der Waals surface area contributed by atoms with Crippen molar-refractivity contribution in [2.45, 2.75) is 37.6 Å². The molecule has 23 heavy (non-hydrogen) atoms. The maximum Gasteiger partial charge on any atom is 0.182 e. The molecule has 0 atom stereocenters. The smallest absolute Gasteiger partial charge is 0.182 e. The van der Waals surface area contributed by atoms with Crippen LogP contribution in [0.3, 0.4) is 0 Å². The number of nitrogens with one attached hydrogen (secondary N) is 2. The summed E-state index contributed by atoms with van der Waals surface area (Å²) in [5.41, 5.74) is 1.93. The number of imidazole rings is 1. The minimum Gasteiger partial charge on any atom is -0.366 e. The lowest BCUT2D eigenvalue weighted by Crippen LogP contribution is -2.57. The molecule has 0 radical (unpaired) electrons. The van der Waals surface area contributed by atoms with E-state index in [-0.39, 0.29) is 5.54 Å². The fourth-order valence-corrected chi connectivity index (χ4v) is 4.90. The molecular formula is C16H24N6S. The topological polar surface area (TPSA) is 69.7 Å². The van der Waals surface area contributed by atoms with Crippen LogP contribution < -0.4 is 5.32 Å². The van der Waals surface area contributed by atoms with Crippen LogP contribution in [0.25, 0.3) is 11.2 Å². The van der Waals surface area contributed by atoms with Gasteiger partial charge >= 0.3 is 0 Å². The van der Waals surface area contributed by atoms with Crippen LogP contribution >= 0.6 is 11.8 Å². The van der Waals surface area contributed by atoms with E-state index in [0.717, 1.165) is 23.5 Å². The highest BCUT2D eigenvalue weighted by Gasteiger charge is 2.38. The van der Waals surface area contributed by atoms with Crippen LogP contribution in [0.5, 0.6) is 0 Å². The zero-order chi connectivity index (χ0) is 15.5. The SMILES string of the molecule is c1nc(NCC2(N3CCSCC3)CCCCC2)c2[nH]cnc2n1. The summed E-state index contributed by atoms with van der Waals surface area (Å²) in [7, 11) is 0. The van der Waals surface area contributed by atoms with Crippen LogP contribution in [0.2, 0.25) is 0 Å². The van der Waals surface area contributed by atoms with Gasteiger partial charge in [-0.05, 0) is 12.8 Å². The molecule has 0 aromatic carbocycles. The van der Waals surface area contributed by atoms with E-state index in [2.05, 4.69) is 41.9 Å². The van der Waals surface area contributed by atoms with Gasteiger partial charge in [0.05, 0.1) is 6.33 Å². The quantitative estimate of drug-likeness (QED) is 0.896. The maximum absolute atomic E-state index is 4.42. The van der Waals surface area contributed by atoms with Gasteiger partial charge in [-0.2, -0.15) is 11.8 Å². The Labute approximate surface area is 140 Å². The summed E-state index contributed by atoms with van der Waals surface area (Å²) in [5, 5.41) is 3.61. The first-order chi connectivity index (χ1) is 11.4. The lowest BCUT2D eigenvalue weighted by molar-refractivity contribution is 0.0706. The van der Waals surface area contributed by atoms with Crippen LogP contribution in [0, 0.1) is 0 Å². The molecule has 2 fully saturated rings. The molecule has 1 saturated heterocycles. The van der Waals surface area contributed by atoms with Crippen molar-refractivity contribution in [3.63, 3.8) is 0 Å². The third-order valence-electron chi connectivity index (χ3n) is 5.27. The normalized spacial score (nSPS) is 22.3. The van der Waals surface area contributed by atoms with Crippen LogP contribution in [-0.4, -0.2) is 61.5 Å². The molecule has 1 aliphatic heterocycles. The zero-order valence-electron chi connectivity index (χ0n) is 13.4. The summed E-state index contributed by atoms with van der Waals surface area (Å²) in [6, 6.07) is 0. The fraction of sp³-hybridized carbons (Fsp3) is 0.688. The predicted molar refractivity (Wildman–Crippen MR) is 94.9 cm³/mol. The highest BCUT2D eigenvalue weighted by atomic mass is 32.2. The lowest BCUT2D eigenvalue weighted by atomic mass is 9.80. The van der Waals surface area contributed by atoms with E-state index in [1.165, 1.54) is 56.7 Å². The van der Waals surface area contributed by atoms with Crippen molar-refractivity contribution in [1.82, 2.24) is 24.8 Å². The molecule has 0 unspecified atom stereocenters. The van der Waals surface area contributed by atoms with Crippen molar-refractivity contribution in [3.05, 3.63) is 12.7 Å². The number of fused-ring (bicyclic) bond motifs is 1. The molecule has 0 spiro atoms. The predicted octanol–water partition coefficient (Wildman–Crippen LogP) is 2.52. The Bertz CT molecular complexity index is 645. The molecule has 1 aliphatic carbocycles. The summed E-state index contributed by atoms with van der Waals surface area (Å²) < 4.78 is 0. The first-order valence-electron chi connectivity index (χ1n) is 8.58. The number of aromatic amines is 1.